The van der Waals surface area contributed by atoms with Gasteiger partial charge in [0.2, 0.25) is 5.91 Å². The molecule has 0 spiro atoms. The number of amides is 1. The van der Waals surface area contributed by atoms with Crippen molar-refractivity contribution >= 4 is 44.2 Å². The Bertz CT molecular complexity index is 1320. The number of thiophene rings is 1. The van der Waals surface area contributed by atoms with Crippen molar-refractivity contribution in [1.29, 1.82) is 0 Å². The first-order chi connectivity index (χ1) is 16.8. The van der Waals surface area contributed by atoms with Gasteiger partial charge in [-0.3, -0.25) is 9.89 Å². The van der Waals surface area contributed by atoms with Gasteiger partial charge in [-0.25, -0.2) is 9.97 Å². The zero-order valence-corrected chi connectivity index (χ0v) is 19.9. The molecule has 8 nitrogen and oxygen atoms in total. The standard InChI is InChI=1S/C25H28N6O2S/c32-25(16-5-2-1-3-6-16)26-14-17-13-21-22(34-17)24(31-9-11-33-12-10-31)29-23(28-21)18-7-4-8-20-19(18)15-27-30-20/h4,7-8,13,15-16H,1-3,5-6,9-12,14H2,(H,26,32)(H,27,30). The first-order valence-corrected chi connectivity index (χ1v) is 12.9. The molecule has 2 fully saturated rings. The largest absolute Gasteiger partial charge is 0.378 e. The number of aromatic amines is 1. The minimum atomic E-state index is 0.161. The summed E-state index contributed by atoms with van der Waals surface area (Å²) in [6.45, 7) is 3.51. The Kier molecular flexibility index (Phi) is 5.88. The lowest BCUT2D eigenvalue weighted by Crippen LogP contribution is -2.36. The molecule has 4 heterocycles. The fourth-order valence-electron chi connectivity index (χ4n) is 5.01. The number of aromatic nitrogens is 4. The highest BCUT2D eigenvalue weighted by molar-refractivity contribution is 7.19. The number of carbonyl (C=O) groups excluding carboxylic acids is 1. The molecule has 1 aliphatic heterocycles. The third kappa shape index (κ3) is 4.14. The molecule has 0 radical (unpaired) electrons. The lowest BCUT2D eigenvalue weighted by molar-refractivity contribution is -0.126. The van der Waals surface area contributed by atoms with Crippen LogP contribution in [0.25, 0.3) is 32.5 Å². The van der Waals surface area contributed by atoms with Crippen LogP contribution in [0.3, 0.4) is 0 Å². The van der Waals surface area contributed by atoms with Crippen LogP contribution in [-0.4, -0.2) is 52.4 Å². The van der Waals surface area contributed by atoms with Gasteiger partial charge in [-0.1, -0.05) is 31.4 Å². The quantitative estimate of drug-likeness (QED) is 0.447. The zero-order chi connectivity index (χ0) is 22.9. The Hall–Kier alpha value is -3.04. The summed E-state index contributed by atoms with van der Waals surface area (Å²) in [4.78, 5) is 26.1. The number of nitrogens with one attached hydrogen (secondary N) is 2. The highest BCUT2D eigenvalue weighted by atomic mass is 32.1. The molecule has 0 bridgehead atoms. The van der Waals surface area contributed by atoms with Crippen molar-refractivity contribution in [2.75, 3.05) is 31.2 Å². The Labute approximate surface area is 201 Å². The molecule has 9 heteroatoms. The molecular weight excluding hydrogens is 448 g/mol. The van der Waals surface area contributed by atoms with E-state index in [4.69, 9.17) is 14.7 Å². The summed E-state index contributed by atoms with van der Waals surface area (Å²) >= 11 is 1.67. The Morgan fingerprint density at radius 2 is 2.03 bits per heavy atom. The van der Waals surface area contributed by atoms with Crippen molar-refractivity contribution in [3.8, 4) is 11.4 Å². The molecule has 1 saturated heterocycles. The highest BCUT2D eigenvalue weighted by Gasteiger charge is 2.23. The van der Waals surface area contributed by atoms with Gasteiger partial charge >= 0.3 is 0 Å². The summed E-state index contributed by atoms with van der Waals surface area (Å²) in [7, 11) is 0. The summed E-state index contributed by atoms with van der Waals surface area (Å²) in [5, 5.41) is 11.4. The molecule has 1 amide bonds. The van der Waals surface area contributed by atoms with Gasteiger partial charge in [0.25, 0.3) is 0 Å². The van der Waals surface area contributed by atoms with E-state index in [2.05, 4.69) is 26.5 Å². The number of nitrogens with zero attached hydrogens (tertiary/aromatic N) is 4. The van der Waals surface area contributed by atoms with Crippen LogP contribution < -0.4 is 10.2 Å². The van der Waals surface area contributed by atoms with Gasteiger partial charge in [0.1, 0.15) is 0 Å². The molecule has 4 aromatic rings. The van der Waals surface area contributed by atoms with Gasteiger partial charge in [0.05, 0.1) is 41.7 Å². The number of morpholine rings is 1. The van der Waals surface area contributed by atoms with Crippen molar-refractivity contribution in [3.63, 3.8) is 0 Å². The normalized spacial score (nSPS) is 17.5. The minimum Gasteiger partial charge on any atom is -0.378 e. The third-order valence-electron chi connectivity index (χ3n) is 6.85. The maximum absolute atomic E-state index is 12.7. The molecule has 176 valence electrons. The van der Waals surface area contributed by atoms with Crippen molar-refractivity contribution < 1.29 is 9.53 Å². The predicted molar refractivity (Wildman–Crippen MR) is 134 cm³/mol. The van der Waals surface area contributed by atoms with E-state index < -0.39 is 0 Å². The van der Waals surface area contributed by atoms with Crippen molar-refractivity contribution in [3.05, 3.63) is 35.3 Å². The molecular formula is C25H28N6O2S. The first-order valence-electron chi connectivity index (χ1n) is 12.1. The van der Waals surface area contributed by atoms with Crippen LogP contribution in [0.1, 0.15) is 37.0 Å². The Balaban J connectivity index is 1.35. The summed E-state index contributed by atoms with van der Waals surface area (Å²) in [6.07, 6.45) is 7.41. The Morgan fingerprint density at radius 1 is 1.18 bits per heavy atom. The molecule has 3 aromatic heterocycles. The second-order valence-electron chi connectivity index (χ2n) is 9.09. The number of rotatable bonds is 5. The summed E-state index contributed by atoms with van der Waals surface area (Å²) in [6, 6.07) is 8.15. The minimum absolute atomic E-state index is 0.161. The average Bonchev–Trinajstić information content (AvgIpc) is 3.54. The second kappa shape index (κ2) is 9.31. The molecule has 1 aliphatic carbocycles. The average molecular weight is 477 g/mol. The van der Waals surface area contributed by atoms with Crippen molar-refractivity contribution in [1.82, 2.24) is 25.5 Å². The molecule has 0 atom stereocenters. The molecule has 2 aliphatic rings. The third-order valence-corrected chi connectivity index (χ3v) is 7.97. The van der Waals surface area contributed by atoms with E-state index in [1.54, 1.807) is 11.3 Å². The molecule has 2 N–H and O–H groups in total. The zero-order valence-electron chi connectivity index (χ0n) is 19.0. The summed E-state index contributed by atoms with van der Waals surface area (Å²) in [5.41, 5.74) is 2.84. The van der Waals surface area contributed by atoms with Crippen LogP contribution in [-0.2, 0) is 16.1 Å². The number of H-pyrrole nitrogens is 1. The van der Waals surface area contributed by atoms with E-state index in [9.17, 15) is 4.79 Å². The number of carbonyl (C=O) groups is 1. The van der Waals surface area contributed by atoms with Gasteiger partial charge in [-0.05, 0) is 25.0 Å². The number of benzene rings is 1. The molecule has 1 aromatic carbocycles. The van der Waals surface area contributed by atoms with Gasteiger partial charge < -0.3 is 15.0 Å². The monoisotopic (exact) mass is 476 g/mol. The van der Waals surface area contributed by atoms with Crippen LogP contribution >= 0.6 is 11.3 Å². The number of ether oxygens (including phenoxy) is 1. The number of hydrogen-bond donors (Lipinski definition) is 2. The fraction of sp³-hybridized carbons (Fsp3) is 0.440. The van der Waals surface area contributed by atoms with Crippen LogP contribution in [0.4, 0.5) is 5.82 Å². The topological polar surface area (TPSA) is 96.0 Å². The van der Waals surface area contributed by atoms with Gasteiger partial charge in [-0.15, -0.1) is 11.3 Å². The first kappa shape index (κ1) is 21.5. The maximum atomic E-state index is 12.7. The fourth-order valence-corrected chi connectivity index (χ4v) is 6.06. The second-order valence-corrected chi connectivity index (χ2v) is 10.2. The van der Waals surface area contributed by atoms with E-state index >= 15 is 0 Å². The Morgan fingerprint density at radius 3 is 2.88 bits per heavy atom. The molecule has 0 unspecified atom stereocenters. The smallest absolute Gasteiger partial charge is 0.223 e. The lowest BCUT2D eigenvalue weighted by Gasteiger charge is -2.28. The van der Waals surface area contributed by atoms with E-state index in [0.29, 0.717) is 25.6 Å². The van der Waals surface area contributed by atoms with Crippen LogP contribution in [0.15, 0.2) is 30.5 Å². The van der Waals surface area contributed by atoms with E-state index in [1.807, 2.05) is 24.4 Å². The van der Waals surface area contributed by atoms with Crippen LogP contribution in [0, 0.1) is 5.92 Å². The molecule has 1 saturated carbocycles. The summed E-state index contributed by atoms with van der Waals surface area (Å²) in [5.74, 6) is 1.98. The van der Waals surface area contributed by atoms with E-state index in [1.165, 1.54) is 6.42 Å². The number of hydrogen-bond acceptors (Lipinski definition) is 7. The van der Waals surface area contributed by atoms with Crippen molar-refractivity contribution in [2.24, 2.45) is 5.92 Å². The SMILES string of the molecule is O=C(NCc1cc2nc(-c3cccc4[nH]ncc34)nc(N3CCOCC3)c2s1)C1CCCCC1. The van der Waals surface area contributed by atoms with Gasteiger partial charge in [-0.2, -0.15) is 5.10 Å². The van der Waals surface area contributed by atoms with Crippen LogP contribution in [0.2, 0.25) is 0 Å². The number of fused-ring (bicyclic) bond motifs is 2. The predicted octanol–water partition coefficient (Wildman–Crippen LogP) is 4.27. The van der Waals surface area contributed by atoms with E-state index in [0.717, 1.165) is 76.2 Å². The summed E-state index contributed by atoms with van der Waals surface area (Å²) < 4.78 is 6.64. The molecule has 6 rings (SSSR count). The van der Waals surface area contributed by atoms with E-state index in [-0.39, 0.29) is 11.8 Å². The van der Waals surface area contributed by atoms with Gasteiger partial charge in [0, 0.05) is 34.8 Å². The highest BCUT2D eigenvalue weighted by Crippen LogP contribution is 2.36. The molecule has 34 heavy (non-hydrogen) atoms. The maximum Gasteiger partial charge on any atom is 0.223 e. The lowest BCUT2D eigenvalue weighted by atomic mass is 9.89. The van der Waals surface area contributed by atoms with Gasteiger partial charge in [0.15, 0.2) is 11.6 Å². The number of anilines is 1. The van der Waals surface area contributed by atoms with Crippen LogP contribution in [0.5, 0.6) is 0 Å². The van der Waals surface area contributed by atoms with Crippen molar-refractivity contribution in [2.45, 2.75) is 38.6 Å².